The average molecular weight is 279 g/mol. The Balaban J connectivity index is 2.41. The number of nitrogens with one attached hydrogen (secondary N) is 1. The third kappa shape index (κ3) is 2.63. The van der Waals surface area contributed by atoms with E-state index in [4.69, 9.17) is 16.3 Å². The number of carbonyl (C=O) groups is 1. The monoisotopic (exact) mass is 278 g/mol. The Kier molecular flexibility index (Phi) is 3.90. The molecule has 0 aliphatic rings. The summed E-state index contributed by atoms with van der Waals surface area (Å²) in [5.41, 5.74) is 3.83. The zero-order chi connectivity index (χ0) is 14.0. The first-order valence-electron chi connectivity index (χ1n) is 6.03. The Hall–Kier alpha value is -1.81. The molecule has 100 valence electrons. The number of halogens is 1. The summed E-state index contributed by atoms with van der Waals surface area (Å²) in [6, 6.07) is 5.68. The van der Waals surface area contributed by atoms with E-state index in [2.05, 4.69) is 10.2 Å². The Bertz CT molecular complexity index is 620. The zero-order valence-corrected chi connectivity index (χ0v) is 11.8. The van der Waals surface area contributed by atoms with Gasteiger partial charge in [-0.1, -0.05) is 17.7 Å². The van der Waals surface area contributed by atoms with Gasteiger partial charge >= 0.3 is 5.97 Å². The molecule has 0 fully saturated rings. The van der Waals surface area contributed by atoms with Crippen LogP contribution in [-0.2, 0) is 4.74 Å². The predicted octanol–water partition coefficient (Wildman–Crippen LogP) is 3.52. The molecule has 2 rings (SSSR count). The van der Waals surface area contributed by atoms with E-state index >= 15 is 0 Å². The lowest BCUT2D eigenvalue weighted by Crippen LogP contribution is -2.06. The Morgan fingerprint density at radius 2 is 2.16 bits per heavy atom. The molecular formula is C14H15ClN2O2. The fourth-order valence-corrected chi connectivity index (χ4v) is 1.99. The molecule has 0 spiro atoms. The van der Waals surface area contributed by atoms with Gasteiger partial charge in [0, 0.05) is 16.1 Å². The van der Waals surface area contributed by atoms with Crippen molar-refractivity contribution < 1.29 is 9.53 Å². The van der Waals surface area contributed by atoms with E-state index in [9.17, 15) is 4.79 Å². The maximum absolute atomic E-state index is 11.7. The standard InChI is InChI=1S/C14H15ClN2O2/c1-4-19-14(18)13-9(3)12(16-17-13)10-5-6-11(15)8(2)7-10/h5-7H,4H2,1-3H3,(H,16,17). The van der Waals surface area contributed by atoms with Crippen molar-refractivity contribution in [1.82, 2.24) is 10.2 Å². The Morgan fingerprint density at radius 3 is 2.79 bits per heavy atom. The number of esters is 1. The summed E-state index contributed by atoms with van der Waals surface area (Å²) in [4.78, 5) is 11.7. The molecule has 1 N–H and O–H groups in total. The number of aromatic amines is 1. The van der Waals surface area contributed by atoms with Crippen LogP contribution in [0.15, 0.2) is 18.2 Å². The van der Waals surface area contributed by atoms with E-state index < -0.39 is 5.97 Å². The summed E-state index contributed by atoms with van der Waals surface area (Å²) in [6.45, 7) is 5.88. The van der Waals surface area contributed by atoms with Crippen LogP contribution in [0.5, 0.6) is 0 Å². The number of ether oxygens (including phenoxy) is 1. The summed E-state index contributed by atoms with van der Waals surface area (Å²) in [7, 11) is 0. The van der Waals surface area contributed by atoms with E-state index in [1.807, 2.05) is 32.0 Å². The lowest BCUT2D eigenvalue weighted by molar-refractivity contribution is 0.0518. The molecule has 1 aromatic carbocycles. The van der Waals surface area contributed by atoms with Crippen LogP contribution in [0.3, 0.4) is 0 Å². The highest BCUT2D eigenvalue weighted by Gasteiger charge is 2.18. The van der Waals surface area contributed by atoms with Crippen molar-refractivity contribution in [1.29, 1.82) is 0 Å². The van der Waals surface area contributed by atoms with Crippen LogP contribution >= 0.6 is 11.6 Å². The lowest BCUT2D eigenvalue weighted by atomic mass is 10.0. The minimum absolute atomic E-state index is 0.324. The van der Waals surface area contributed by atoms with Crippen LogP contribution in [0.25, 0.3) is 11.3 Å². The third-order valence-corrected chi connectivity index (χ3v) is 3.35. The number of carbonyl (C=O) groups excluding carboxylic acids is 1. The van der Waals surface area contributed by atoms with Crippen molar-refractivity contribution >= 4 is 17.6 Å². The maximum Gasteiger partial charge on any atom is 0.359 e. The maximum atomic E-state index is 11.7. The molecule has 0 saturated carbocycles. The molecule has 0 bridgehead atoms. The summed E-state index contributed by atoms with van der Waals surface area (Å²) in [6.07, 6.45) is 0. The second-order valence-electron chi connectivity index (χ2n) is 4.26. The SMILES string of the molecule is CCOC(=O)c1n[nH]c(-c2ccc(Cl)c(C)c2)c1C. The van der Waals surface area contributed by atoms with Gasteiger partial charge in [-0.05, 0) is 38.5 Å². The van der Waals surface area contributed by atoms with Crippen molar-refractivity contribution in [3.8, 4) is 11.3 Å². The zero-order valence-electron chi connectivity index (χ0n) is 11.1. The van der Waals surface area contributed by atoms with Crippen LogP contribution in [0.1, 0.15) is 28.5 Å². The third-order valence-electron chi connectivity index (χ3n) is 2.93. The van der Waals surface area contributed by atoms with Gasteiger partial charge in [-0.2, -0.15) is 5.10 Å². The normalized spacial score (nSPS) is 10.5. The topological polar surface area (TPSA) is 55.0 Å². The number of hydrogen-bond donors (Lipinski definition) is 1. The first kappa shape index (κ1) is 13.6. The second-order valence-corrected chi connectivity index (χ2v) is 4.66. The van der Waals surface area contributed by atoms with Gasteiger partial charge < -0.3 is 4.74 Å². The van der Waals surface area contributed by atoms with Gasteiger partial charge in [0.25, 0.3) is 0 Å². The molecule has 0 radical (unpaired) electrons. The number of nitrogens with zero attached hydrogens (tertiary/aromatic N) is 1. The van der Waals surface area contributed by atoms with Gasteiger partial charge in [-0.3, -0.25) is 5.10 Å². The average Bonchev–Trinajstić information content (AvgIpc) is 2.75. The summed E-state index contributed by atoms with van der Waals surface area (Å²) >= 11 is 6.00. The summed E-state index contributed by atoms with van der Waals surface area (Å²) in [5, 5.41) is 7.63. The van der Waals surface area contributed by atoms with Gasteiger partial charge in [0.05, 0.1) is 12.3 Å². The lowest BCUT2D eigenvalue weighted by Gasteiger charge is -2.03. The molecule has 0 unspecified atom stereocenters. The van der Waals surface area contributed by atoms with Crippen LogP contribution in [0.4, 0.5) is 0 Å². The fraction of sp³-hybridized carbons (Fsp3) is 0.286. The number of aromatic nitrogens is 2. The van der Waals surface area contributed by atoms with Crippen molar-refractivity contribution in [2.75, 3.05) is 6.61 Å². The predicted molar refractivity (Wildman–Crippen MR) is 74.5 cm³/mol. The molecular weight excluding hydrogens is 264 g/mol. The molecule has 0 aliphatic heterocycles. The molecule has 0 atom stereocenters. The summed E-state index contributed by atoms with van der Waals surface area (Å²) in [5.74, 6) is -0.409. The van der Waals surface area contributed by atoms with E-state index in [1.54, 1.807) is 6.92 Å². The molecule has 5 heteroatoms. The number of rotatable bonds is 3. The van der Waals surface area contributed by atoms with Gasteiger partial charge in [0.2, 0.25) is 0 Å². The first-order valence-corrected chi connectivity index (χ1v) is 6.41. The highest BCUT2D eigenvalue weighted by molar-refractivity contribution is 6.31. The Labute approximate surface area is 116 Å². The minimum atomic E-state index is -0.409. The van der Waals surface area contributed by atoms with Crippen LogP contribution in [0.2, 0.25) is 5.02 Å². The molecule has 0 aliphatic carbocycles. The molecule has 1 heterocycles. The largest absolute Gasteiger partial charge is 0.461 e. The number of benzene rings is 1. The van der Waals surface area contributed by atoms with Gasteiger partial charge in [0.15, 0.2) is 5.69 Å². The smallest absolute Gasteiger partial charge is 0.359 e. The van der Waals surface area contributed by atoms with Crippen molar-refractivity contribution in [2.45, 2.75) is 20.8 Å². The number of hydrogen-bond acceptors (Lipinski definition) is 3. The van der Waals surface area contributed by atoms with Crippen molar-refractivity contribution in [3.05, 3.63) is 40.0 Å². The minimum Gasteiger partial charge on any atom is -0.461 e. The van der Waals surface area contributed by atoms with Crippen LogP contribution in [-0.4, -0.2) is 22.8 Å². The van der Waals surface area contributed by atoms with Gasteiger partial charge in [0.1, 0.15) is 0 Å². The van der Waals surface area contributed by atoms with Crippen LogP contribution < -0.4 is 0 Å². The van der Waals surface area contributed by atoms with Crippen molar-refractivity contribution in [3.63, 3.8) is 0 Å². The molecule has 2 aromatic rings. The quantitative estimate of drug-likeness (QED) is 0.874. The molecule has 19 heavy (non-hydrogen) atoms. The van der Waals surface area contributed by atoms with Crippen LogP contribution in [0, 0.1) is 13.8 Å². The molecule has 4 nitrogen and oxygen atoms in total. The number of H-pyrrole nitrogens is 1. The van der Waals surface area contributed by atoms with Gasteiger partial charge in [-0.25, -0.2) is 4.79 Å². The van der Waals surface area contributed by atoms with Gasteiger partial charge in [-0.15, -0.1) is 0 Å². The molecule has 0 saturated heterocycles. The first-order chi connectivity index (χ1) is 9.04. The van der Waals surface area contributed by atoms with E-state index in [0.717, 1.165) is 22.4 Å². The van der Waals surface area contributed by atoms with E-state index in [1.165, 1.54) is 0 Å². The highest BCUT2D eigenvalue weighted by atomic mass is 35.5. The fourth-order valence-electron chi connectivity index (χ4n) is 1.88. The molecule has 1 aromatic heterocycles. The second kappa shape index (κ2) is 5.45. The number of aryl methyl sites for hydroxylation is 1. The molecule has 0 amide bonds. The summed E-state index contributed by atoms with van der Waals surface area (Å²) < 4.78 is 4.96. The highest BCUT2D eigenvalue weighted by Crippen LogP contribution is 2.27. The Morgan fingerprint density at radius 1 is 1.42 bits per heavy atom. The van der Waals surface area contributed by atoms with Crippen molar-refractivity contribution in [2.24, 2.45) is 0 Å². The van der Waals surface area contributed by atoms with E-state index in [-0.39, 0.29) is 0 Å². The van der Waals surface area contributed by atoms with E-state index in [0.29, 0.717) is 17.3 Å².